The van der Waals surface area contributed by atoms with E-state index in [1.54, 1.807) is 0 Å². The van der Waals surface area contributed by atoms with Crippen LogP contribution >= 0.6 is 31.9 Å². The predicted octanol–water partition coefficient (Wildman–Crippen LogP) is 3.52. The minimum absolute atomic E-state index is 0.622. The first-order valence-corrected chi connectivity index (χ1v) is 6.46. The van der Waals surface area contributed by atoms with Gasteiger partial charge in [-0.2, -0.15) is 0 Å². The first kappa shape index (κ1) is 10.7. The predicted molar refractivity (Wildman–Crippen MR) is 63.5 cm³/mol. The van der Waals surface area contributed by atoms with Gasteiger partial charge in [-0.25, -0.2) is 0 Å². The Labute approximate surface area is 101 Å². The van der Waals surface area contributed by atoms with Crippen LogP contribution in [-0.2, 0) is 0 Å². The Balaban J connectivity index is 1.92. The summed E-state index contributed by atoms with van der Waals surface area (Å²) in [4.78, 5) is 0. The molecule has 1 aromatic heterocycles. The molecule has 0 spiro atoms. The van der Waals surface area contributed by atoms with Gasteiger partial charge in [-0.1, -0.05) is 6.92 Å². The third-order valence-electron chi connectivity index (χ3n) is 2.61. The molecule has 0 amide bonds. The standard InChI is InChI=1S/C10H13Br2NO/c1-2-13-5-6-3-7(6)9-4-8(11)10(12)14-9/h4,6-7,13H,2-3,5H2,1H3. The number of halogens is 2. The number of hydrogen-bond acceptors (Lipinski definition) is 2. The molecule has 0 radical (unpaired) electrons. The van der Waals surface area contributed by atoms with E-state index >= 15 is 0 Å². The van der Waals surface area contributed by atoms with E-state index in [9.17, 15) is 0 Å². The molecule has 1 aliphatic carbocycles. The molecule has 2 rings (SSSR count). The normalized spacial score (nSPS) is 25.4. The van der Waals surface area contributed by atoms with Crippen molar-refractivity contribution in [1.29, 1.82) is 0 Å². The molecule has 2 atom stereocenters. The minimum atomic E-state index is 0.622. The molecule has 0 aliphatic heterocycles. The maximum Gasteiger partial charge on any atom is 0.183 e. The summed E-state index contributed by atoms with van der Waals surface area (Å²) in [6, 6.07) is 2.07. The van der Waals surface area contributed by atoms with Crippen molar-refractivity contribution >= 4 is 31.9 Å². The minimum Gasteiger partial charge on any atom is -0.453 e. The Morgan fingerprint density at radius 2 is 2.36 bits per heavy atom. The van der Waals surface area contributed by atoms with Crippen LogP contribution in [0.1, 0.15) is 25.0 Å². The van der Waals surface area contributed by atoms with Crippen LogP contribution in [0.2, 0.25) is 0 Å². The fourth-order valence-corrected chi connectivity index (χ4v) is 2.31. The summed E-state index contributed by atoms with van der Waals surface area (Å²) in [5.41, 5.74) is 0. The van der Waals surface area contributed by atoms with Crippen molar-refractivity contribution in [3.63, 3.8) is 0 Å². The SMILES string of the molecule is CCNCC1CC1c1cc(Br)c(Br)o1. The molecule has 78 valence electrons. The zero-order valence-corrected chi connectivity index (χ0v) is 11.2. The average molecular weight is 323 g/mol. The molecular formula is C10H13Br2NO. The van der Waals surface area contributed by atoms with Crippen LogP contribution in [0.25, 0.3) is 0 Å². The highest BCUT2D eigenvalue weighted by Crippen LogP contribution is 2.49. The number of hydrogen-bond donors (Lipinski definition) is 1. The van der Waals surface area contributed by atoms with Crippen molar-refractivity contribution in [3.8, 4) is 0 Å². The summed E-state index contributed by atoms with van der Waals surface area (Å²) in [5.74, 6) is 2.49. The zero-order chi connectivity index (χ0) is 10.1. The average Bonchev–Trinajstić information content (AvgIpc) is 2.85. The lowest BCUT2D eigenvalue weighted by atomic mass is 10.2. The van der Waals surface area contributed by atoms with Gasteiger partial charge in [0.15, 0.2) is 4.67 Å². The molecule has 0 bridgehead atoms. The van der Waals surface area contributed by atoms with E-state index in [2.05, 4.69) is 50.2 Å². The summed E-state index contributed by atoms with van der Waals surface area (Å²) >= 11 is 6.78. The van der Waals surface area contributed by atoms with Gasteiger partial charge < -0.3 is 9.73 Å². The fraction of sp³-hybridized carbons (Fsp3) is 0.600. The number of nitrogens with one attached hydrogen (secondary N) is 1. The van der Waals surface area contributed by atoms with Gasteiger partial charge in [0.05, 0.1) is 4.47 Å². The molecule has 0 aromatic carbocycles. The van der Waals surface area contributed by atoms with Crippen LogP contribution in [0, 0.1) is 5.92 Å². The van der Waals surface area contributed by atoms with Gasteiger partial charge in [0.2, 0.25) is 0 Å². The highest BCUT2D eigenvalue weighted by atomic mass is 79.9. The van der Waals surface area contributed by atoms with Crippen LogP contribution in [0.15, 0.2) is 19.6 Å². The van der Waals surface area contributed by atoms with Crippen molar-refractivity contribution in [3.05, 3.63) is 21.0 Å². The third kappa shape index (κ3) is 2.23. The zero-order valence-electron chi connectivity index (χ0n) is 8.02. The van der Waals surface area contributed by atoms with Crippen molar-refractivity contribution in [2.45, 2.75) is 19.3 Å². The first-order chi connectivity index (χ1) is 6.72. The van der Waals surface area contributed by atoms with E-state index in [-0.39, 0.29) is 0 Å². The lowest BCUT2D eigenvalue weighted by Gasteiger charge is -1.98. The van der Waals surface area contributed by atoms with Gasteiger partial charge in [-0.05, 0) is 63.4 Å². The third-order valence-corrected chi connectivity index (χ3v) is 4.32. The lowest BCUT2D eigenvalue weighted by molar-refractivity contribution is 0.478. The fourth-order valence-electron chi connectivity index (χ4n) is 1.70. The molecule has 1 aromatic rings. The van der Waals surface area contributed by atoms with Gasteiger partial charge in [0.25, 0.3) is 0 Å². The summed E-state index contributed by atoms with van der Waals surface area (Å²) in [7, 11) is 0. The van der Waals surface area contributed by atoms with E-state index in [0.29, 0.717) is 5.92 Å². The van der Waals surface area contributed by atoms with E-state index in [0.717, 1.165) is 33.9 Å². The van der Waals surface area contributed by atoms with Gasteiger partial charge in [-0.3, -0.25) is 0 Å². The van der Waals surface area contributed by atoms with Crippen LogP contribution in [-0.4, -0.2) is 13.1 Å². The molecule has 14 heavy (non-hydrogen) atoms. The number of rotatable bonds is 4. The quantitative estimate of drug-likeness (QED) is 0.917. The second-order valence-corrected chi connectivity index (χ2v) is 5.25. The van der Waals surface area contributed by atoms with Crippen LogP contribution in [0.3, 0.4) is 0 Å². The van der Waals surface area contributed by atoms with Crippen molar-refractivity contribution in [1.82, 2.24) is 5.32 Å². The maximum absolute atomic E-state index is 5.59. The topological polar surface area (TPSA) is 25.2 Å². The van der Waals surface area contributed by atoms with E-state index in [1.807, 2.05) is 0 Å². The van der Waals surface area contributed by atoms with Gasteiger partial charge >= 0.3 is 0 Å². The van der Waals surface area contributed by atoms with Crippen molar-refractivity contribution in [2.24, 2.45) is 5.92 Å². The second kappa shape index (κ2) is 4.37. The summed E-state index contributed by atoms with van der Waals surface area (Å²) in [6.07, 6.45) is 1.25. The Bertz CT molecular complexity index is 304. The Kier molecular flexibility index (Phi) is 3.34. The Morgan fingerprint density at radius 1 is 1.57 bits per heavy atom. The molecule has 1 N–H and O–H groups in total. The largest absolute Gasteiger partial charge is 0.453 e. The van der Waals surface area contributed by atoms with E-state index in [1.165, 1.54) is 6.42 Å². The molecule has 1 saturated carbocycles. The van der Waals surface area contributed by atoms with Crippen LogP contribution in [0.5, 0.6) is 0 Å². The van der Waals surface area contributed by atoms with Crippen molar-refractivity contribution in [2.75, 3.05) is 13.1 Å². The highest BCUT2D eigenvalue weighted by molar-refractivity contribution is 9.13. The number of furan rings is 1. The Hall–Kier alpha value is 0.200. The van der Waals surface area contributed by atoms with Gasteiger partial charge in [0, 0.05) is 5.92 Å². The second-order valence-electron chi connectivity index (χ2n) is 3.68. The maximum atomic E-state index is 5.59. The molecule has 1 heterocycles. The van der Waals surface area contributed by atoms with Gasteiger partial charge in [0.1, 0.15) is 5.76 Å². The van der Waals surface area contributed by atoms with Gasteiger partial charge in [-0.15, -0.1) is 0 Å². The van der Waals surface area contributed by atoms with Crippen LogP contribution < -0.4 is 5.32 Å². The molecule has 2 nitrogen and oxygen atoms in total. The van der Waals surface area contributed by atoms with E-state index < -0.39 is 0 Å². The highest BCUT2D eigenvalue weighted by Gasteiger charge is 2.40. The molecule has 0 saturated heterocycles. The summed E-state index contributed by atoms with van der Waals surface area (Å²) in [6.45, 7) is 4.29. The monoisotopic (exact) mass is 321 g/mol. The van der Waals surface area contributed by atoms with Crippen molar-refractivity contribution < 1.29 is 4.42 Å². The molecule has 4 heteroatoms. The van der Waals surface area contributed by atoms with E-state index in [4.69, 9.17) is 4.42 Å². The molecular weight excluding hydrogens is 310 g/mol. The Morgan fingerprint density at radius 3 is 2.93 bits per heavy atom. The first-order valence-electron chi connectivity index (χ1n) is 4.87. The summed E-state index contributed by atoms with van der Waals surface area (Å²) in [5, 5.41) is 3.37. The molecule has 1 fully saturated rings. The smallest absolute Gasteiger partial charge is 0.183 e. The van der Waals surface area contributed by atoms with Crippen LogP contribution in [0.4, 0.5) is 0 Å². The summed E-state index contributed by atoms with van der Waals surface area (Å²) < 4.78 is 7.41. The lowest BCUT2D eigenvalue weighted by Crippen LogP contribution is -2.16. The molecule has 2 unspecified atom stereocenters. The molecule has 1 aliphatic rings.